The molecular formula is C14H15FN2O3S. The normalized spacial score (nSPS) is 29.3. The molecule has 3 unspecified atom stereocenters. The number of benzene rings is 1. The zero-order valence-corrected chi connectivity index (χ0v) is 12.1. The number of hydrogen-bond acceptors (Lipinski definition) is 4. The number of fused-ring (bicyclic) bond motifs is 1. The minimum absolute atomic E-state index is 0.0179. The molecule has 1 aromatic carbocycles. The third kappa shape index (κ3) is 2.33. The Morgan fingerprint density at radius 2 is 2.10 bits per heavy atom. The minimum Gasteiger partial charge on any atom is -0.393 e. The van der Waals surface area contributed by atoms with Crippen molar-refractivity contribution >= 4 is 10.0 Å². The summed E-state index contributed by atoms with van der Waals surface area (Å²) in [7, 11) is -3.75. The van der Waals surface area contributed by atoms with Gasteiger partial charge in [-0.1, -0.05) is 0 Å². The van der Waals surface area contributed by atoms with Crippen molar-refractivity contribution in [3.63, 3.8) is 0 Å². The predicted octanol–water partition coefficient (Wildman–Crippen LogP) is 1.09. The number of nitrogens with zero attached hydrogens (tertiary/aromatic N) is 2. The van der Waals surface area contributed by atoms with Crippen molar-refractivity contribution in [1.29, 1.82) is 5.26 Å². The molecule has 1 heterocycles. The van der Waals surface area contributed by atoms with Crippen molar-refractivity contribution in [1.82, 2.24) is 4.31 Å². The summed E-state index contributed by atoms with van der Waals surface area (Å²) in [6.45, 7) is 0.663. The minimum atomic E-state index is -3.75. The maximum absolute atomic E-state index is 13.3. The van der Waals surface area contributed by atoms with E-state index in [4.69, 9.17) is 5.26 Å². The van der Waals surface area contributed by atoms with Crippen LogP contribution in [0.1, 0.15) is 18.4 Å². The lowest BCUT2D eigenvalue weighted by atomic mass is 10.00. The highest BCUT2D eigenvalue weighted by atomic mass is 32.2. The monoisotopic (exact) mass is 310 g/mol. The zero-order chi connectivity index (χ0) is 15.2. The third-order valence-corrected chi connectivity index (χ3v) is 6.31. The van der Waals surface area contributed by atoms with Gasteiger partial charge in [-0.05, 0) is 37.0 Å². The first-order chi connectivity index (χ1) is 9.93. The largest absolute Gasteiger partial charge is 0.393 e. The van der Waals surface area contributed by atoms with Crippen LogP contribution < -0.4 is 0 Å². The average molecular weight is 310 g/mol. The SMILES string of the molecule is N#Cc1cc(S(=O)(=O)N2CC3CCC(O)C3C2)ccc1F. The highest BCUT2D eigenvalue weighted by Crippen LogP contribution is 2.40. The lowest BCUT2D eigenvalue weighted by Gasteiger charge is -2.18. The van der Waals surface area contributed by atoms with Crippen LogP contribution in [-0.2, 0) is 10.0 Å². The number of hydrogen-bond donors (Lipinski definition) is 1. The Balaban J connectivity index is 1.90. The van der Waals surface area contributed by atoms with Crippen LogP contribution in [0.2, 0.25) is 0 Å². The summed E-state index contributed by atoms with van der Waals surface area (Å²) >= 11 is 0. The van der Waals surface area contributed by atoms with E-state index in [-0.39, 0.29) is 28.8 Å². The quantitative estimate of drug-likeness (QED) is 0.886. The van der Waals surface area contributed by atoms with Gasteiger partial charge in [-0.3, -0.25) is 0 Å². The standard InChI is InChI=1S/C14H15FN2O3S/c15-13-3-2-11(5-10(13)6-16)21(19,20)17-7-9-1-4-14(18)12(9)8-17/h2-3,5,9,12,14,18H,1,4,7-8H2. The molecule has 1 N–H and O–H groups in total. The molecule has 0 bridgehead atoms. The molecule has 1 saturated carbocycles. The van der Waals surface area contributed by atoms with E-state index in [2.05, 4.69) is 0 Å². The number of sulfonamides is 1. The molecule has 0 radical (unpaired) electrons. The van der Waals surface area contributed by atoms with Gasteiger partial charge in [0.25, 0.3) is 0 Å². The number of halogens is 1. The van der Waals surface area contributed by atoms with Crippen LogP contribution in [0, 0.1) is 29.0 Å². The molecule has 1 aromatic rings. The number of aliphatic hydroxyl groups is 1. The first-order valence-corrected chi connectivity index (χ1v) is 8.25. The smallest absolute Gasteiger partial charge is 0.243 e. The van der Waals surface area contributed by atoms with Gasteiger partial charge in [0, 0.05) is 19.0 Å². The molecule has 2 fully saturated rings. The fourth-order valence-corrected chi connectivity index (χ4v) is 4.85. The van der Waals surface area contributed by atoms with Crippen LogP contribution in [0.4, 0.5) is 4.39 Å². The van der Waals surface area contributed by atoms with E-state index >= 15 is 0 Å². The van der Waals surface area contributed by atoms with Gasteiger partial charge >= 0.3 is 0 Å². The van der Waals surface area contributed by atoms with Gasteiger partial charge in [0.05, 0.1) is 16.6 Å². The van der Waals surface area contributed by atoms with Gasteiger partial charge < -0.3 is 5.11 Å². The van der Waals surface area contributed by atoms with E-state index in [0.717, 1.165) is 25.0 Å². The summed E-state index contributed by atoms with van der Waals surface area (Å²) in [4.78, 5) is -0.0742. The van der Waals surface area contributed by atoms with Gasteiger partial charge in [0.2, 0.25) is 10.0 Å². The first-order valence-electron chi connectivity index (χ1n) is 6.81. The second-order valence-electron chi connectivity index (χ2n) is 5.64. The van der Waals surface area contributed by atoms with E-state index in [1.54, 1.807) is 6.07 Å². The molecule has 112 valence electrons. The van der Waals surface area contributed by atoms with E-state index in [0.29, 0.717) is 6.54 Å². The molecule has 3 atom stereocenters. The van der Waals surface area contributed by atoms with Crippen molar-refractivity contribution in [3.8, 4) is 6.07 Å². The third-order valence-electron chi connectivity index (χ3n) is 4.48. The molecule has 5 nitrogen and oxygen atoms in total. The van der Waals surface area contributed by atoms with E-state index < -0.39 is 21.9 Å². The summed E-state index contributed by atoms with van der Waals surface area (Å²) in [6, 6.07) is 4.89. The van der Waals surface area contributed by atoms with Crippen molar-refractivity contribution < 1.29 is 17.9 Å². The maximum atomic E-state index is 13.3. The molecule has 0 spiro atoms. The topological polar surface area (TPSA) is 81.4 Å². The number of rotatable bonds is 2. The van der Waals surface area contributed by atoms with Crippen molar-refractivity contribution in [2.24, 2.45) is 11.8 Å². The molecule has 3 rings (SSSR count). The molecule has 21 heavy (non-hydrogen) atoms. The Kier molecular flexibility index (Phi) is 3.48. The Morgan fingerprint density at radius 1 is 1.33 bits per heavy atom. The second-order valence-corrected chi connectivity index (χ2v) is 7.58. The predicted molar refractivity (Wildman–Crippen MR) is 72.1 cm³/mol. The second kappa shape index (κ2) is 5.05. The molecule has 1 aliphatic heterocycles. The molecule has 7 heteroatoms. The Bertz CT molecular complexity index is 713. The Hall–Kier alpha value is -1.49. The number of nitriles is 1. The summed E-state index contributed by atoms with van der Waals surface area (Å²) in [5.74, 6) is -0.563. The Labute approximate surface area is 122 Å². The van der Waals surface area contributed by atoms with Gasteiger partial charge in [-0.2, -0.15) is 9.57 Å². The zero-order valence-electron chi connectivity index (χ0n) is 11.2. The molecular weight excluding hydrogens is 295 g/mol. The fourth-order valence-electron chi connectivity index (χ4n) is 3.29. The van der Waals surface area contributed by atoms with Crippen molar-refractivity contribution in [2.75, 3.05) is 13.1 Å². The van der Waals surface area contributed by atoms with Crippen LogP contribution in [-0.4, -0.2) is 37.0 Å². The van der Waals surface area contributed by atoms with Crippen LogP contribution in [0.5, 0.6) is 0 Å². The number of aliphatic hydroxyl groups excluding tert-OH is 1. The fraction of sp³-hybridized carbons (Fsp3) is 0.500. The Morgan fingerprint density at radius 3 is 2.76 bits per heavy atom. The maximum Gasteiger partial charge on any atom is 0.243 e. The highest BCUT2D eigenvalue weighted by molar-refractivity contribution is 7.89. The van der Waals surface area contributed by atoms with E-state index in [1.807, 2.05) is 0 Å². The average Bonchev–Trinajstić information content (AvgIpc) is 3.02. The molecule has 0 amide bonds. The van der Waals surface area contributed by atoms with Crippen molar-refractivity contribution in [3.05, 3.63) is 29.6 Å². The van der Waals surface area contributed by atoms with Crippen LogP contribution in [0.25, 0.3) is 0 Å². The summed E-state index contributed by atoms with van der Waals surface area (Å²) < 4.78 is 39.8. The van der Waals surface area contributed by atoms with Crippen LogP contribution >= 0.6 is 0 Å². The lowest BCUT2D eigenvalue weighted by molar-refractivity contribution is 0.129. The first kappa shape index (κ1) is 14.4. The molecule has 1 saturated heterocycles. The van der Waals surface area contributed by atoms with E-state index in [9.17, 15) is 17.9 Å². The summed E-state index contributed by atoms with van der Waals surface area (Å²) in [5.41, 5.74) is -0.282. The molecule has 0 aromatic heterocycles. The lowest BCUT2D eigenvalue weighted by Crippen LogP contribution is -2.31. The molecule has 1 aliphatic carbocycles. The summed E-state index contributed by atoms with van der Waals surface area (Å²) in [6.07, 6.45) is 1.10. The highest BCUT2D eigenvalue weighted by Gasteiger charge is 2.45. The molecule has 2 aliphatic rings. The van der Waals surface area contributed by atoms with Gasteiger partial charge in [-0.25, -0.2) is 12.8 Å². The van der Waals surface area contributed by atoms with Crippen LogP contribution in [0.15, 0.2) is 23.1 Å². The van der Waals surface area contributed by atoms with Crippen molar-refractivity contribution in [2.45, 2.75) is 23.8 Å². The van der Waals surface area contributed by atoms with Gasteiger partial charge in [0.1, 0.15) is 11.9 Å². The van der Waals surface area contributed by atoms with Gasteiger partial charge in [-0.15, -0.1) is 0 Å². The van der Waals surface area contributed by atoms with Gasteiger partial charge in [0.15, 0.2) is 0 Å². The van der Waals surface area contributed by atoms with E-state index in [1.165, 1.54) is 10.4 Å². The summed E-state index contributed by atoms with van der Waals surface area (Å²) in [5, 5.41) is 18.7. The van der Waals surface area contributed by atoms with Crippen LogP contribution in [0.3, 0.4) is 0 Å².